The van der Waals surface area contributed by atoms with Crippen molar-refractivity contribution >= 4 is 11.9 Å². The second-order valence-electron chi connectivity index (χ2n) is 14.3. The van der Waals surface area contributed by atoms with E-state index >= 15 is 0 Å². The standard InChI is InChI=1S/C37H69NO6/c1-5-7-9-11-12-17-24-33(23-16-10-8-6-2)36(40)44-31-37(29-42-35(43-30-37)26-19-27-38(3)4)28-41-34(39)25-18-22-32-20-14-13-15-21-32/h32-33,35H,5-31H2,1-4H3. The third-order valence-electron chi connectivity index (χ3n) is 9.62. The molecule has 1 heterocycles. The first-order valence-electron chi connectivity index (χ1n) is 18.6. The molecule has 1 aliphatic carbocycles. The molecular formula is C37H69NO6. The minimum Gasteiger partial charge on any atom is -0.465 e. The molecule has 0 bridgehead atoms. The molecule has 0 radical (unpaired) electrons. The number of rotatable bonds is 25. The van der Waals surface area contributed by atoms with E-state index in [0.717, 1.165) is 70.3 Å². The zero-order chi connectivity index (χ0) is 31.9. The molecule has 2 fully saturated rings. The molecule has 0 aromatic carbocycles. The Morgan fingerprint density at radius 3 is 1.98 bits per heavy atom. The number of esters is 2. The highest BCUT2D eigenvalue weighted by Crippen LogP contribution is 2.30. The van der Waals surface area contributed by atoms with Crippen molar-refractivity contribution in [1.82, 2.24) is 4.90 Å². The van der Waals surface area contributed by atoms with Crippen molar-refractivity contribution in [1.29, 1.82) is 0 Å². The van der Waals surface area contributed by atoms with Gasteiger partial charge >= 0.3 is 11.9 Å². The van der Waals surface area contributed by atoms with E-state index in [1.54, 1.807) is 0 Å². The first-order chi connectivity index (χ1) is 21.4. The summed E-state index contributed by atoms with van der Waals surface area (Å²) in [6.07, 6.45) is 24.2. The molecule has 1 unspecified atom stereocenters. The lowest BCUT2D eigenvalue weighted by Gasteiger charge is -2.39. The molecule has 0 amide bonds. The molecule has 1 atom stereocenters. The number of nitrogens with zero attached hydrogens (tertiary/aromatic N) is 1. The van der Waals surface area contributed by atoms with Gasteiger partial charge in [0, 0.05) is 6.42 Å². The van der Waals surface area contributed by atoms with E-state index < -0.39 is 5.41 Å². The summed E-state index contributed by atoms with van der Waals surface area (Å²) in [6.45, 7) is 6.47. The molecule has 1 saturated carbocycles. The predicted molar refractivity (Wildman–Crippen MR) is 178 cm³/mol. The number of carbonyl (C=O) groups excluding carboxylic acids is 2. The summed E-state index contributed by atoms with van der Waals surface area (Å²) in [5.41, 5.74) is -0.667. The third kappa shape index (κ3) is 17.5. The Morgan fingerprint density at radius 2 is 1.34 bits per heavy atom. The van der Waals surface area contributed by atoms with Crippen LogP contribution in [0.5, 0.6) is 0 Å². The number of unbranched alkanes of at least 4 members (excludes halogenated alkanes) is 8. The Bertz CT molecular complexity index is 730. The second kappa shape index (κ2) is 24.1. The summed E-state index contributed by atoms with van der Waals surface area (Å²) in [6, 6.07) is 0. The molecule has 2 aliphatic rings. The molecule has 0 spiro atoms. The van der Waals surface area contributed by atoms with Crippen molar-refractivity contribution in [3.63, 3.8) is 0 Å². The van der Waals surface area contributed by atoms with Gasteiger partial charge < -0.3 is 23.8 Å². The summed E-state index contributed by atoms with van der Waals surface area (Å²) in [5.74, 6) is 0.414. The maximum atomic E-state index is 13.4. The molecule has 258 valence electrons. The lowest BCUT2D eigenvalue weighted by atomic mass is 9.86. The van der Waals surface area contributed by atoms with Crippen molar-refractivity contribution in [3.05, 3.63) is 0 Å². The smallest absolute Gasteiger partial charge is 0.308 e. The quantitative estimate of drug-likeness (QED) is 0.0743. The Hall–Kier alpha value is -1.18. The Labute approximate surface area is 270 Å². The predicted octanol–water partition coefficient (Wildman–Crippen LogP) is 8.86. The van der Waals surface area contributed by atoms with Gasteiger partial charge in [0.2, 0.25) is 0 Å². The van der Waals surface area contributed by atoms with Crippen molar-refractivity contribution in [3.8, 4) is 0 Å². The highest BCUT2D eigenvalue weighted by atomic mass is 16.7. The molecule has 0 aromatic rings. The van der Waals surface area contributed by atoms with Gasteiger partial charge in [0.1, 0.15) is 13.2 Å². The summed E-state index contributed by atoms with van der Waals surface area (Å²) in [5, 5.41) is 0. The van der Waals surface area contributed by atoms with Crippen LogP contribution in [0.1, 0.15) is 155 Å². The largest absolute Gasteiger partial charge is 0.465 e. The van der Waals surface area contributed by atoms with Crippen LogP contribution in [-0.4, -0.2) is 70.2 Å². The Balaban J connectivity index is 1.91. The Kier molecular flexibility index (Phi) is 21.3. The fourth-order valence-electron chi connectivity index (χ4n) is 6.61. The zero-order valence-electron chi connectivity index (χ0n) is 29.2. The van der Waals surface area contributed by atoms with Gasteiger partial charge in [-0.15, -0.1) is 0 Å². The summed E-state index contributed by atoms with van der Waals surface area (Å²) in [7, 11) is 4.13. The van der Waals surface area contributed by atoms with Crippen LogP contribution in [0.3, 0.4) is 0 Å². The van der Waals surface area contributed by atoms with E-state index in [0.29, 0.717) is 19.6 Å². The van der Waals surface area contributed by atoms with Crippen molar-refractivity contribution in [2.75, 3.05) is 47.1 Å². The molecule has 1 saturated heterocycles. The van der Waals surface area contributed by atoms with Crippen LogP contribution >= 0.6 is 0 Å². The Morgan fingerprint density at radius 1 is 0.750 bits per heavy atom. The summed E-state index contributed by atoms with van der Waals surface area (Å²) in [4.78, 5) is 28.4. The van der Waals surface area contributed by atoms with Gasteiger partial charge in [0.05, 0.1) is 24.5 Å². The molecule has 44 heavy (non-hydrogen) atoms. The molecule has 1 aliphatic heterocycles. The van der Waals surface area contributed by atoms with Crippen molar-refractivity contribution in [2.24, 2.45) is 17.3 Å². The minimum absolute atomic E-state index is 0.0679. The van der Waals surface area contributed by atoms with E-state index in [9.17, 15) is 9.59 Å². The van der Waals surface area contributed by atoms with Crippen LogP contribution in [0.15, 0.2) is 0 Å². The highest BCUT2D eigenvalue weighted by molar-refractivity contribution is 5.72. The molecular weight excluding hydrogens is 554 g/mol. The topological polar surface area (TPSA) is 74.3 Å². The number of carbonyl (C=O) groups is 2. The summed E-state index contributed by atoms with van der Waals surface area (Å²) >= 11 is 0. The van der Waals surface area contributed by atoms with Crippen molar-refractivity contribution < 1.29 is 28.5 Å². The highest BCUT2D eigenvalue weighted by Gasteiger charge is 2.40. The molecule has 0 N–H and O–H groups in total. The lowest BCUT2D eigenvalue weighted by molar-refractivity contribution is -0.250. The van der Waals surface area contributed by atoms with Crippen LogP contribution in [-0.2, 0) is 28.5 Å². The number of ether oxygens (including phenoxy) is 4. The molecule has 7 heteroatoms. The molecule has 2 rings (SSSR count). The number of hydrogen-bond acceptors (Lipinski definition) is 7. The van der Waals surface area contributed by atoms with Gasteiger partial charge in [-0.2, -0.15) is 0 Å². The van der Waals surface area contributed by atoms with E-state index in [2.05, 4.69) is 32.8 Å². The van der Waals surface area contributed by atoms with Crippen LogP contribution in [0.4, 0.5) is 0 Å². The fourth-order valence-corrected chi connectivity index (χ4v) is 6.61. The SMILES string of the molecule is CCCCCCCCC(CCCCCC)C(=O)OCC1(COC(=O)CCCC2CCCCC2)COC(CCCN(C)C)OC1. The second-order valence-corrected chi connectivity index (χ2v) is 14.3. The van der Waals surface area contributed by atoms with Gasteiger partial charge in [-0.1, -0.05) is 110 Å². The number of hydrogen-bond donors (Lipinski definition) is 0. The van der Waals surface area contributed by atoms with E-state index in [1.165, 1.54) is 77.0 Å². The zero-order valence-corrected chi connectivity index (χ0v) is 29.2. The third-order valence-corrected chi connectivity index (χ3v) is 9.62. The maximum Gasteiger partial charge on any atom is 0.308 e. The van der Waals surface area contributed by atoms with Gasteiger partial charge in [-0.25, -0.2) is 0 Å². The monoisotopic (exact) mass is 624 g/mol. The van der Waals surface area contributed by atoms with Crippen molar-refractivity contribution in [2.45, 2.75) is 161 Å². The minimum atomic E-state index is -0.667. The lowest BCUT2D eigenvalue weighted by Crippen LogP contribution is -2.49. The first kappa shape index (κ1) is 39.0. The maximum absolute atomic E-state index is 13.4. The van der Waals surface area contributed by atoms with E-state index in [1.807, 2.05) is 0 Å². The van der Waals surface area contributed by atoms with Crippen LogP contribution in [0, 0.1) is 17.3 Å². The molecule has 7 nitrogen and oxygen atoms in total. The van der Waals surface area contributed by atoms with Crippen LogP contribution in [0.2, 0.25) is 0 Å². The summed E-state index contributed by atoms with van der Waals surface area (Å²) < 4.78 is 24.1. The van der Waals surface area contributed by atoms with E-state index in [-0.39, 0.29) is 37.4 Å². The van der Waals surface area contributed by atoms with Gasteiger partial charge in [0.25, 0.3) is 0 Å². The van der Waals surface area contributed by atoms with Gasteiger partial charge in [-0.3, -0.25) is 9.59 Å². The molecule has 0 aromatic heterocycles. The average Bonchev–Trinajstić information content (AvgIpc) is 3.03. The normalized spacial score (nSPS) is 21.8. The average molecular weight is 624 g/mol. The van der Waals surface area contributed by atoms with E-state index in [4.69, 9.17) is 18.9 Å². The van der Waals surface area contributed by atoms with Crippen LogP contribution < -0.4 is 0 Å². The van der Waals surface area contributed by atoms with Gasteiger partial charge in [0.15, 0.2) is 6.29 Å². The first-order valence-corrected chi connectivity index (χ1v) is 18.6. The van der Waals surface area contributed by atoms with Crippen LogP contribution in [0.25, 0.3) is 0 Å². The van der Waals surface area contributed by atoms with Gasteiger partial charge in [-0.05, 0) is 65.1 Å². The fraction of sp³-hybridized carbons (Fsp3) is 0.946.